The molecule has 1 aromatic heterocycles. The molecule has 17 heavy (non-hydrogen) atoms. The highest BCUT2D eigenvalue weighted by atomic mass is 79.9. The third-order valence-corrected chi connectivity index (χ3v) is 3.64. The van der Waals surface area contributed by atoms with Crippen LogP contribution in [0.2, 0.25) is 0 Å². The first kappa shape index (κ1) is 12.1. The Kier molecular flexibility index (Phi) is 3.21. The third kappa shape index (κ3) is 2.20. The first-order valence-corrected chi connectivity index (χ1v) is 6.00. The van der Waals surface area contributed by atoms with E-state index >= 15 is 0 Å². The average molecular weight is 320 g/mol. The molecule has 0 radical (unpaired) electrons. The van der Waals surface area contributed by atoms with E-state index in [9.17, 15) is 13.6 Å². The van der Waals surface area contributed by atoms with Gasteiger partial charge in [-0.1, -0.05) is 0 Å². The summed E-state index contributed by atoms with van der Waals surface area (Å²) in [5, 5.41) is 10.4. The van der Waals surface area contributed by atoms with Crippen LogP contribution in [0.5, 0.6) is 0 Å². The molecule has 1 N–H and O–H groups in total. The number of thiazole rings is 1. The van der Waals surface area contributed by atoms with E-state index in [4.69, 9.17) is 5.11 Å². The van der Waals surface area contributed by atoms with Crippen LogP contribution in [0.4, 0.5) is 8.78 Å². The summed E-state index contributed by atoms with van der Waals surface area (Å²) in [6, 6.07) is 2.31. The number of carboxylic acid groups (broad SMARTS) is 1. The molecule has 0 aliphatic heterocycles. The van der Waals surface area contributed by atoms with E-state index in [-0.39, 0.29) is 10.2 Å². The molecule has 0 aliphatic carbocycles. The maximum absolute atomic E-state index is 13.3. The predicted molar refractivity (Wildman–Crippen MR) is 62.1 cm³/mol. The standard InChI is InChI=1S/C10H4BrF2NO2S/c11-7-4(1-2-5(12)8(7)13)9-14-6(3-17-9)10(15)16/h1-3H,(H,15,16). The summed E-state index contributed by atoms with van der Waals surface area (Å²) in [5.74, 6) is -3.16. The number of rotatable bonds is 2. The van der Waals surface area contributed by atoms with Crippen molar-refractivity contribution in [2.75, 3.05) is 0 Å². The van der Waals surface area contributed by atoms with Gasteiger partial charge in [0.05, 0.1) is 4.47 Å². The molecule has 2 rings (SSSR count). The van der Waals surface area contributed by atoms with Crippen molar-refractivity contribution in [2.24, 2.45) is 0 Å². The lowest BCUT2D eigenvalue weighted by Crippen LogP contribution is -1.96. The molecule has 0 aliphatic rings. The number of aromatic carboxylic acids is 1. The second-order valence-electron chi connectivity index (χ2n) is 3.07. The van der Waals surface area contributed by atoms with Gasteiger partial charge in [0.15, 0.2) is 17.3 Å². The molecule has 88 valence electrons. The number of carbonyl (C=O) groups is 1. The summed E-state index contributed by atoms with van der Waals surface area (Å²) in [5.41, 5.74) is 0.197. The van der Waals surface area contributed by atoms with E-state index in [0.29, 0.717) is 10.6 Å². The molecule has 0 amide bonds. The Bertz CT molecular complexity index is 600. The molecule has 0 saturated carbocycles. The molecule has 0 fully saturated rings. The van der Waals surface area contributed by atoms with E-state index in [1.54, 1.807) is 0 Å². The van der Waals surface area contributed by atoms with Crippen molar-refractivity contribution in [3.05, 3.63) is 39.3 Å². The summed E-state index contributed by atoms with van der Waals surface area (Å²) >= 11 is 3.97. The number of halogens is 3. The molecule has 3 nitrogen and oxygen atoms in total. The van der Waals surface area contributed by atoms with Gasteiger partial charge in [-0.15, -0.1) is 11.3 Å². The van der Waals surface area contributed by atoms with Gasteiger partial charge in [-0.25, -0.2) is 18.6 Å². The molecule has 7 heteroatoms. The van der Waals surface area contributed by atoms with Crippen LogP contribution in [0.3, 0.4) is 0 Å². The normalized spacial score (nSPS) is 10.5. The van der Waals surface area contributed by atoms with Gasteiger partial charge < -0.3 is 5.11 Å². The SMILES string of the molecule is O=C(O)c1csc(-c2ccc(F)c(F)c2Br)n1. The van der Waals surface area contributed by atoms with E-state index in [2.05, 4.69) is 20.9 Å². The lowest BCUT2D eigenvalue weighted by molar-refractivity contribution is 0.0691. The summed E-state index contributed by atoms with van der Waals surface area (Å²) in [6.45, 7) is 0. The highest BCUT2D eigenvalue weighted by Crippen LogP contribution is 2.33. The molecular formula is C10H4BrF2NO2S. The van der Waals surface area contributed by atoms with Crippen LogP contribution in [0, 0.1) is 11.6 Å². The number of nitrogens with zero attached hydrogens (tertiary/aromatic N) is 1. The molecule has 1 aromatic carbocycles. The van der Waals surface area contributed by atoms with Gasteiger partial charge >= 0.3 is 5.97 Å². The van der Waals surface area contributed by atoms with Gasteiger partial charge in [0.2, 0.25) is 0 Å². The third-order valence-electron chi connectivity index (χ3n) is 1.99. The predicted octanol–water partition coefficient (Wildman–Crippen LogP) is 3.55. The van der Waals surface area contributed by atoms with Crippen LogP contribution in [0.1, 0.15) is 10.5 Å². The topological polar surface area (TPSA) is 50.2 Å². The molecular weight excluding hydrogens is 316 g/mol. The van der Waals surface area contributed by atoms with Gasteiger partial charge in [-0.05, 0) is 28.1 Å². The number of hydrogen-bond acceptors (Lipinski definition) is 3. The quantitative estimate of drug-likeness (QED) is 0.861. The maximum atomic E-state index is 13.3. The monoisotopic (exact) mass is 319 g/mol. The first-order chi connectivity index (χ1) is 8.00. The zero-order valence-electron chi connectivity index (χ0n) is 8.08. The molecule has 0 bridgehead atoms. The van der Waals surface area contributed by atoms with Gasteiger partial charge in [-0.2, -0.15) is 0 Å². The number of carboxylic acids is 1. The Hall–Kier alpha value is -1.34. The Balaban J connectivity index is 2.53. The second-order valence-corrected chi connectivity index (χ2v) is 4.72. The molecule has 0 saturated heterocycles. The summed E-state index contributed by atoms with van der Waals surface area (Å²) in [4.78, 5) is 14.5. The van der Waals surface area contributed by atoms with Crippen molar-refractivity contribution in [3.8, 4) is 10.6 Å². The molecule has 0 spiro atoms. The van der Waals surface area contributed by atoms with E-state index < -0.39 is 17.6 Å². The maximum Gasteiger partial charge on any atom is 0.355 e. The van der Waals surface area contributed by atoms with E-state index in [1.807, 2.05) is 0 Å². The molecule has 1 heterocycles. The summed E-state index contributed by atoms with van der Waals surface area (Å²) < 4.78 is 26.1. The summed E-state index contributed by atoms with van der Waals surface area (Å²) in [6.07, 6.45) is 0. The minimum atomic E-state index is -1.16. The molecule has 0 atom stereocenters. The molecule has 2 aromatic rings. The summed E-state index contributed by atoms with van der Waals surface area (Å²) in [7, 11) is 0. The van der Waals surface area contributed by atoms with Crippen molar-refractivity contribution in [3.63, 3.8) is 0 Å². The van der Waals surface area contributed by atoms with Gasteiger partial charge in [-0.3, -0.25) is 0 Å². The highest BCUT2D eigenvalue weighted by molar-refractivity contribution is 9.10. The van der Waals surface area contributed by atoms with Gasteiger partial charge in [0.25, 0.3) is 0 Å². The Morgan fingerprint density at radius 2 is 2.12 bits per heavy atom. The van der Waals surface area contributed by atoms with Crippen molar-refractivity contribution < 1.29 is 18.7 Å². The molecule has 0 unspecified atom stereocenters. The Morgan fingerprint density at radius 1 is 1.41 bits per heavy atom. The number of hydrogen-bond donors (Lipinski definition) is 1. The van der Waals surface area contributed by atoms with Gasteiger partial charge in [0.1, 0.15) is 5.01 Å². The van der Waals surface area contributed by atoms with Crippen LogP contribution in [-0.2, 0) is 0 Å². The van der Waals surface area contributed by atoms with Crippen molar-refractivity contribution in [2.45, 2.75) is 0 Å². The fourth-order valence-electron chi connectivity index (χ4n) is 1.19. The lowest BCUT2D eigenvalue weighted by Gasteiger charge is -2.02. The smallest absolute Gasteiger partial charge is 0.355 e. The van der Waals surface area contributed by atoms with Crippen LogP contribution in [0.15, 0.2) is 22.0 Å². The first-order valence-electron chi connectivity index (χ1n) is 4.33. The zero-order valence-corrected chi connectivity index (χ0v) is 10.5. The number of aromatic nitrogens is 1. The van der Waals surface area contributed by atoms with E-state index in [0.717, 1.165) is 17.4 Å². The second kappa shape index (κ2) is 4.50. The largest absolute Gasteiger partial charge is 0.476 e. The van der Waals surface area contributed by atoms with Crippen LogP contribution in [0.25, 0.3) is 10.6 Å². The van der Waals surface area contributed by atoms with Crippen molar-refractivity contribution in [1.29, 1.82) is 0 Å². The van der Waals surface area contributed by atoms with Crippen molar-refractivity contribution >= 4 is 33.2 Å². The van der Waals surface area contributed by atoms with Crippen LogP contribution >= 0.6 is 27.3 Å². The van der Waals surface area contributed by atoms with E-state index in [1.165, 1.54) is 11.4 Å². The average Bonchev–Trinajstić information content (AvgIpc) is 2.75. The van der Waals surface area contributed by atoms with Crippen LogP contribution in [-0.4, -0.2) is 16.1 Å². The zero-order chi connectivity index (χ0) is 12.6. The fourth-order valence-corrected chi connectivity index (χ4v) is 2.65. The number of benzene rings is 1. The highest BCUT2D eigenvalue weighted by Gasteiger charge is 2.16. The van der Waals surface area contributed by atoms with Gasteiger partial charge in [0, 0.05) is 10.9 Å². The minimum absolute atomic E-state index is 0.0659. The Morgan fingerprint density at radius 3 is 2.71 bits per heavy atom. The van der Waals surface area contributed by atoms with Crippen LogP contribution < -0.4 is 0 Å². The lowest BCUT2D eigenvalue weighted by atomic mass is 10.2. The van der Waals surface area contributed by atoms with Crippen molar-refractivity contribution in [1.82, 2.24) is 4.98 Å². The fraction of sp³-hybridized carbons (Fsp3) is 0. The minimum Gasteiger partial charge on any atom is -0.476 e. The Labute approximate surface area is 107 Å².